The fourth-order valence-electron chi connectivity index (χ4n) is 6.69. The summed E-state index contributed by atoms with van der Waals surface area (Å²) in [5.41, 5.74) is 10.3. The molecule has 0 N–H and O–H groups in total. The Hall–Kier alpha value is -6.53. The lowest BCUT2D eigenvalue weighted by molar-refractivity contribution is 1.02. The number of para-hydroxylation sites is 2. The van der Waals surface area contributed by atoms with Crippen LogP contribution in [0, 0.1) is 6.92 Å². The van der Waals surface area contributed by atoms with Gasteiger partial charge in [-0.15, -0.1) is 27.4 Å². The lowest BCUT2D eigenvalue weighted by Gasteiger charge is -2.30. The van der Waals surface area contributed by atoms with E-state index in [1.54, 1.807) is 13.0 Å². The predicted octanol–water partition coefficient (Wildman–Crippen LogP) is 10.0. The standard InChI is InChI=1S/C48H36B5N5/c1-31-28-38(33-18-8-4-9-19-33)42(57(3)40-27-17-16-24-36(40)29-39(50)44(52)45(53)43(51)32(2)49)30-41(31)58(37-25-14-7-15-26-37)48-55-46(34-20-10-5-11-21-34)54-47(56-48)35-22-12-6-13-23-35/h4-30H,1-3H3/b39-29-,43-32-,45-44-. The Kier molecular flexibility index (Phi) is 12.1. The van der Waals surface area contributed by atoms with E-state index >= 15 is 0 Å². The van der Waals surface area contributed by atoms with Crippen molar-refractivity contribution in [3.8, 4) is 33.9 Å². The number of hydrogen-bond donors (Lipinski definition) is 0. The van der Waals surface area contributed by atoms with Crippen molar-refractivity contribution < 1.29 is 0 Å². The molecule has 1 aromatic heterocycles. The van der Waals surface area contributed by atoms with Crippen LogP contribution in [-0.2, 0) is 0 Å². The molecule has 0 fully saturated rings. The van der Waals surface area contributed by atoms with E-state index in [1.807, 2.05) is 128 Å². The third-order valence-electron chi connectivity index (χ3n) is 9.83. The van der Waals surface area contributed by atoms with E-state index in [0.717, 1.165) is 56.1 Å². The number of hydrogen-bond acceptors (Lipinski definition) is 5. The molecule has 5 nitrogen and oxygen atoms in total. The van der Waals surface area contributed by atoms with Gasteiger partial charge in [-0.1, -0.05) is 140 Å². The Bertz CT molecular complexity index is 2590. The zero-order valence-corrected chi connectivity index (χ0v) is 32.7. The number of anilines is 5. The van der Waals surface area contributed by atoms with Crippen molar-refractivity contribution in [3.63, 3.8) is 0 Å². The average molecular weight is 737 g/mol. The molecular weight excluding hydrogens is 701 g/mol. The van der Waals surface area contributed by atoms with Crippen molar-refractivity contribution in [2.24, 2.45) is 0 Å². The molecular formula is C48H36B5N5. The summed E-state index contributed by atoms with van der Waals surface area (Å²) in [6.07, 6.45) is 1.79. The Labute approximate surface area is 348 Å². The molecule has 0 spiro atoms. The van der Waals surface area contributed by atoms with Gasteiger partial charge < -0.3 is 4.90 Å². The first-order valence-electron chi connectivity index (χ1n) is 18.8. The molecule has 0 saturated heterocycles. The topological polar surface area (TPSA) is 45.2 Å². The van der Waals surface area contributed by atoms with E-state index in [1.165, 1.54) is 0 Å². The molecule has 10 heteroatoms. The molecule has 0 saturated carbocycles. The van der Waals surface area contributed by atoms with Crippen LogP contribution in [0.2, 0.25) is 0 Å². The van der Waals surface area contributed by atoms with Gasteiger partial charge in [0.25, 0.3) is 0 Å². The maximum absolute atomic E-state index is 6.57. The molecule has 7 rings (SSSR count). The summed E-state index contributed by atoms with van der Waals surface area (Å²) in [7, 11) is 33.3. The summed E-state index contributed by atoms with van der Waals surface area (Å²) in [6.45, 7) is 3.77. The minimum atomic E-state index is 0.124. The van der Waals surface area contributed by atoms with Crippen LogP contribution in [0.15, 0.2) is 185 Å². The van der Waals surface area contributed by atoms with Crippen molar-refractivity contribution in [2.45, 2.75) is 13.8 Å². The number of nitrogens with zero attached hydrogens (tertiary/aromatic N) is 5. The van der Waals surface area contributed by atoms with Crippen LogP contribution >= 0.6 is 0 Å². The van der Waals surface area contributed by atoms with Crippen LogP contribution in [0.5, 0.6) is 0 Å². The van der Waals surface area contributed by atoms with Crippen molar-refractivity contribution in [3.05, 3.63) is 196 Å². The molecule has 0 bridgehead atoms. The fraction of sp³-hybridized carbons (Fsp3) is 0.0625. The maximum atomic E-state index is 6.57. The number of rotatable bonds is 11. The summed E-state index contributed by atoms with van der Waals surface area (Å²) in [4.78, 5) is 19.5. The van der Waals surface area contributed by atoms with Crippen LogP contribution in [0.3, 0.4) is 0 Å². The quantitative estimate of drug-likeness (QED) is 0.0978. The second-order valence-corrected chi connectivity index (χ2v) is 13.8. The maximum Gasteiger partial charge on any atom is 0.238 e. The SMILES string of the molecule is [B]/C(C)=C([B])/C([B])=C([B])\C([B])=C\c1ccccc1N(C)c1cc(N(c2ccccc2)c2nc(-c3ccccc3)nc(-c3ccccc3)n2)c(C)cc1-c1ccccc1. The number of allylic oxidation sites excluding steroid dienone is 5. The van der Waals surface area contributed by atoms with E-state index in [2.05, 4.69) is 53.1 Å². The summed E-state index contributed by atoms with van der Waals surface area (Å²) < 4.78 is 0. The molecule has 0 atom stereocenters. The predicted molar refractivity (Wildman–Crippen MR) is 247 cm³/mol. The second kappa shape index (κ2) is 17.7. The molecule has 0 unspecified atom stereocenters. The van der Waals surface area contributed by atoms with Gasteiger partial charge >= 0.3 is 0 Å². The van der Waals surface area contributed by atoms with Crippen LogP contribution in [0.4, 0.5) is 28.7 Å². The van der Waals surface area contributed by atoms with Gasteiger partial charge in [0.15, 0.2) is 11.6 Å². The van der Waals surface area contributed by atoms with Crippen LogP contribution < -0.4 is 9.80 Å². The largest absolute Gasteiger partial charge is 0.344 e. The van der Waals surface area contributed by atoms with Crippen LogP contribution in [0.25, 0.3) is 40.0 Å². The monoisotopic (exact) mass is 737 g/mol. The Balaban J connectivity index is 1.45. The van der Waals surface area contributed by atoms with Gasteiger partial charge in [0, 0.05) is 35.1 Å². The summed E-state index contributed by atoms with van der Waals surface area (Å²) in [5, 5.41) is 0. The first-order chi connectivity index (χ1) is 28.1. The average Bonchev–Trinajstić information content (AvgIpc) is 3.27. The van der Waals surface area contributed by atoms with E-state index in [-0.39, 0.29) is 21.9 Å². The highest BCUT2D eigenvalue weighted by molar-refractivity contribution is 6.47. The highest BCUT2D eigenvalue weighted by Crippen LogP contribution is 2.44. The summed E-state index contributed by atoms with van der Waals surface area (Å²) >= 11 is 0. The molecule has 1 heterocycles. The lowest BCUT2D eigenvalue weighted by Crippen LogP contribution is -2.18. The fourth-order valence-corrected chi connectivity index (χ4v) is 6.69. The summed E-state index contributed by atoms with van der Waals surface area (Å²) in [5.74, 6) is 1.60. The van der Waals surface area contributed by atoms with Crippen molar-refractivity contribution in [2.75, 3.05) is 16.8 Å². The molecule has 0 aliphatic rings. The van der Waals surface area contributed by atoms with Gasteiger partial charge in [-0.2, -0.15) is 9.97 Å². The third-order valence-corrected chi connectivity index (χ3v) is 9.83. The molecule has 0 amide bonds. The highest BCUT2D eigenvalue weighted by atomic mass is 15.3. The number of aromatic nitrogens is 3. The molecule has 58 heavy (non-hydrogen) atoms. The van der Waals surface area contributed by atoms with Crippen molar-refractivity contribution in [1.29, 1.82) is 0 Å². The molecule has 268 valence electrons. The Morgan fingerprint density at radius 1 is 0.517 bits per heavy atom. The van der Waals surface area contributed by atoms with Gasteiger partial charge in [-0.05, 0) is 53.9 Å². The summed E-state index contributed by atoms with van der Waals surface area (Å²) in [6, 6.07) is 52.7. The minimum absolute atomic E-state index is 0.124. The highest BCUT2D eigenvalue weighted by Gasteiger charge is 2.24. The first kappa shape index (κ1) is 39.7. The lowest BCUT2D eigenvalue weighted by atomic mass is 9.62. The van der Waals surface area contributed by atoms with Crippen molar-refractivity contribution in [1.82, 2.24) is 15.0 Å². The Morgan fingerprint density at radius 2 is 1.02 bits per heavy atom. The molecule has 6 aromatic carbocycles. The number of benzene rings is 6. The van der Waals surface area contributed by atoms with Gasteiger partial charge in [-0.3, -0.25) is 4.90 Å². The van der Waals surface area contributed by atoms with E-state index in [4.69, 9.17) is 54.2 Å². The van der Waals surface area contributed by atoms with E-state index in [9.17, 15) is 0 Å². The van der Waals surface area contributed by atoms with Crippen LogP contribution in [-0.4, -0.2) is 61.2 Å². The third kappa shape index (κ3) is 8.57. The minimum Gasteiger partial charge on any atom is -0.344 e. The zero-order valence-electron chi connectivity index (χ0n) is 32.7. The van der Waals surface area contributed by atoms with Crippen molar-refractivity contribution >= 4 is 74.0 Å². The van der Waals surface area contributed by atoms with E-state index in [0.29, 0.717) is 23.1 Å². The molecule has 0 aliphatic carbocycles. The second-order valence-electron chi connectivity index (χ2n) is 13.8. The number of aryl methyl sites for hydroxylation is 1. The molecule has 0 aliphatic heterocycles. The van der Waals surface area contributed by atoms with Gasteiger partial charge in [0.2, 0.25) is 5.95 Å². The smallest absolute Gasteiger partial charge is 0.238 e. The van der Waals surface area contributed by atoms with Gasteiger partial charge in [-0.25, -0.2) is 4.98 Å². The Morgan fingerprint density at radius 3 is 1.57 bits per heavy atom. The molecule has 10 radical (unpaired) electrons. The first-order valence-corrected chi connectivity index (χ1v) is 18.8. The molecule has 7 aromatic rings. The van der Waals surface area contributed by atoms with Gasteiger partial charge in [0.05, 0.1) is 11.4 Å². The zero-order chi connectivity index (χ0) is 40.8. The van der Waals surface area contributed by atoms with E-state index < -0.39 is 0 Å². The van der Waals surface area contributed by atoms with Crippen LogP contribution in [0.1, 0.15) is 18.1 Å². The normalized spacial score (nSPS) is 12.4. The van der Waals surface area contributed by atoms with Gasteiger partial charge in [0.1, 0.15) is 39.2 Å².